The molecule has 0 aliphatic heterocycles. The minimum absolute atomic E-state index is 0.0562. The van der Waals surface area contributed by atoms with Gasteiger partial charge in [-0.25, -0.2) is 9.48 Å². The van der Waals surface area contributed by atoms with Gasteiger partial charge in [-0.15, -0.1) is 0 Å². The Balaban J connectivity index is 2.66. The van der Waals surface area contributed by atoms with Gasteiger partial charge in [0.15, 0.2) is 0 Å². The number of nitro groups is 1. The van der Waals surface area contributed by atoms with Crippen LogP contribution >= 0.6 is 0 Å². The lowest BCUT2D eigenvalue weighted by atomic mass is 10.2. The summed E-state index contributed by atoms with van der Waals surface area (Å²) in [5.74, 6) is -1.10. The molecule has 0 amide bonds. The number of aromatic nitrogens is 2. The van der Waals surface area contributed by atoms with Crippen LogP contribution in [-0.4, -0.2) is 25.8 Å². The van der Waals surface area contributed by atoms with Crippen molar-refractivity contribution >= 4 is 11.7 Å². The molecule has 0 aliphatic carbocycles. The number of carbonyl (C=O) groups is 1. The van der Waals surface area contributed by atoms with Crippen molar-refractivity contribution in [2.45, 2.75) is 13.3 Å². The van der Waals surface area contributed by atoms with Crippen LogP contribution in [0.4, 0.5) is 5.69 Å². The van der Waals surface area contributed by atoms with Crippen molar-refractivity contribution in [3.63, 3.8) is 0 Å². The van der Waals surface area contributed by atoms with Crippen LogP contribution in [0.5, 0.6) is 0 Å². The number of aromatic carboxylic acids is 1. The molecular weight excluding hydrogens is 250 g/mol. The average Bonchev–Trinajstić information content (AvgIpc) is 2.82. The van der Waals surface area contributed by atoms with E-state index in [1.54, 1.807) is 19.1 Å². The van der Waals surface area contributed by atoms with Gasteiger partial charge >= 0.3 is 5.97 Å². The van der Waals surface area contributed by atoms with Gasteiger partial charge in [0, 0.05) is 6.07 Å². The lowest BCUT2D eigenvalue weighted by Gasteiger charge is -2.07. The molecule has 7 heteroatoms. The molecule has 0 radical (unpaired) electrons. The van der Waals surface area contributed by atoms with Crippen LogP contribution in [-0.2, 0) is 6.42 Å². The third-order valence-corrected chi connectivity index (χ3v) is 2.74. The standard InChI is InChI=1S/C12H11N3O4/c1-2-9-8(12(16)17)7-13-14(9)10-5-3-4-6-11(10)15(18)19/h3-7H,2H2,1H3,(H,16,17). The molecule has 0 saturated carbocycles. The molecule has 1 N–H and O–H groups in total. The highest BCUT2D eigenvalue weighted by Crippen LogP contribution is 2.24. The zero-order chi connectivity index (χ0) is 14.0. The molecule has 2 aromatic rings. The van der Waals surface area contributed by atoms with Crippen LogP contribution in [0.2, 0.25) is 0 Å². The number of benzene rings is 1. The summed E-state index contributed by atoms with van der Waals surface area (Å²) in [4.78, 5) is 21.5. The van der Waals surface area contributed by atoms with Gasteiger partial charge in [-0.1, -0.05) is 19.1 Å². The zero-order valence-corrected chi connectivity index (χ0v) is 10.1. The maximum Gasteiger partial charge on any atom is 0.339 e. The number of carboxylic acid groups (broad SMARTS) is 1. The lowest BCUT2D eigenvalue weighted by Crippen LogP contribution is -2.07. The Hall–Kier alpha value is -2.70. The molecular formula is C12H11N3O4. The highest BCUT2D eigenvalue weighted by atomic mass is 16.6. The quantitative estimate of drug-likeness (QED) is 0.670. The number of para-hydroxylation sites is 2. The second-order valence-corrected chi connectivity index (χ2v) is 3.82. The fourth-order valence-corrected chi connectivity index (χ4v) is 1.90. The van der Waals surface area contributed by atoms with Crippen LogP contribution in [0, 0.1) is 10.1 Å². The highest BCUT2D eigenvalue weighted by Gasteiger charge is 2.21. The van der Waals surface area contributed by atoms with E-state index in [4.69, 9.17) is 5.11 Å². The number of nitro benzene ring substituents is 1. The van der Waals surface area contributed by atoms with Gasteiger partial charge in [-0.3, -0.25) is 10.1 Å². The van der Waals surface area contributed by atoms with E-state index < -0.39 is 10.9 Å². The molecule has 98 valence electrons. The third-order valence-electron chi connectivity index (χ3n) is 2.74. The summed E-state index contributed by atoms with van der Waals surface area (Å²) in [6, 6.07) is 6.09. The summed E-state index contributed by atoms with van der Waals surface area (Å²) >= 11 is 0. The van der Waals surface area contributed by atoms with E-state index in [1.807, 2.05) is 0 Å². The van der Waals surface area contributed by atoms with Crippen molar-refractivity contribution in [1.29, 1.82) is 0 Å². The Morgan fingerprint density at radius 1 is 1.47 bits per heavy atom. The molecule has 0 unspecified atom stereocenters. The fraction of sp³-hybridized carbons (Fsp3) is 0.167. The predicted molar refractivity (Wildman–Crippen MR) is 66.6 cm³/mol. The van der Waals surface area contributed by atoms with Crippen molar-refractivity contribution in [3.8, 4) is 5.69 Å². The Kier molecular flexibility index (Phi) is 3.28. The van der Waals surface area contributed by atoms with E-state index >= 15 is 0 Å². The predicted octanol–water partition coefficient (Wildman–Crippen LogP) is 2.04. The van der Waals surface area contributed by atoms with Crippen LogP contribution < -0.4 is 0 Å². The van der Waals surface area contributed by atoms with Gasteiger partial charge in [-0.2, -0.15) is 5.10 Å². The van der Waals surface area contributed by atoms with Gasteiger partial charge < -0.3 is 5.11 Å². The van der Waals surface area contributed by atoms with Crippen LogP contribution in [0.1, 0.15) is 23.0 Å². The summed E-state index contributed by atoms with van der Waals surface area (Å²) in [7, 11) is 0. The van der Waals surface area contributed by atoms with Gasteiger partial charge in [-0.05, 0) is 12.5 Å². The van der Waals surface area contributed by atoms with Gasteiger partial charge in [0.1, 0.15) is 11.3 Å². The molecule has 19 heavy (non-hydrogen) atoms. The molecule has 0 aliphatic rings. The molecule has 0 spiro atoms. The molecule has 0 bridgehead atoms. The van der Waals surface area contributed by atoms with Crippen LogP contribution in [0.15, 0.2) is 30.5 Å². The van der Waals surface area contributed by atoms with E-state index in [9.17, 15) is 14.9 Å². The second-order valence-electron chi connectivity index (χ2n) is 3.82. The summed E-state index contributed by atoms with van der Waals surface area (Å²) in [6.07, 6.45) is 1.62. The second kappa shape index (κ2) is 4.89. The molecule has 0 atom stereocenters. The zero-order valence-electron chi connectivity index (χ0n) is 10.1. The Morgan fingerprint density at radius 2 is 2.16 bits per heavy atom. The molecule has 2 rings (SSSR count). The first-order chi connectivity index (χ1) is 9.06. The van der Waals surface area contributed by atoms with Gasteiger partial charge in [0.2, 0.25) is 0 Å². The molecule has 7 nitrogen and oxygen atoms in total. The molecule has 1 aromatic carbocycles. The van der Waals surface area contributed by atoms with Crippen molar-refractivity contribution in [1.82, 2.24) is 9.78 Å². The number of hydrogen-bond acceptors (Lipinski definition) is 4. The first kappa shape index (κ1) is 12.7. The van der Waals surface area contributed by atoms with Gasteiger partial charge in [0.25, 0.3) is 5.69 Å². The summed E-state index contributed by atoms with van der Waals surface area (Å²) < 4.78 is 1.31. The normalized spacial score (nSPS) is 10.4. The van der Waals surface area contributed by atoms with Crippen molar-refractivity contribution in [2.24, 2.45) is 0 Å². The van der Waals surface area contributed by atoms with E-state index in [1.165, 1.54) is 23.0 Å². The monoisotopic (exact) mass is 261 g/mol. The van der Waals surface area contributed by atoms with Crippen LogP contribution in [0.25, 0.3) is 5.69 Å². The average molecular weight is 261 g/mol. The first-order valence-corrected chi connectivity index (χ1v) is 5.60. The van der Waals surface area contributed by atoms with Crippen molar-refractivity contribution < 1.29 is 14.8 Å². The third kappa shape index (κ3) is 2.17. The summed E-state index contributed by atoms with van der Waals surface area (Å²) in [5, 5.41) is 24.0. The van der Waals surface area contributed by atoms with E-state index in [0.717, 1.165) is 0 Å². The van der Waals surface area contributed by atoms with Gasteiger partial charge in [0.05, 0.1) is 16.8 Å². The molecule has 0 fully saturated rings. The number of rotatable bonds is 4. The SMILES string of the molecule is CCc1c(C(=O)O)cnn1-c1ccccc1[N+](=O)[O-]. The largest absolute Gasteiger partial charge is 0.478 e. The number of hydrogen-bond donors (Lipinski definition) is 1. The topological polar surface area (TPSA) is 98.3 Å². The van der Waals surface area contributed by atoms with Crippen molar-refractivity contribution in [2.75, 3.05) is 0 Å². The number of nitrogens with zero attached hydrogens (tertiary/aromatic N) is 3. The van der Waals surface area contributed by atoms with E-state index in [2.05, 4.69) is 5.10 Å². The van der Waals surface area contributed by atoms with E-state index in [0.29, 0.717) is 12.1 Å². The maximum absolute atomic E-state index is 11.1. The smallest absolute Gasteiger partial charge is 0.339 e. The minimum atomic E-state index is -1.10. The highest BCUT2D eigenvalue weighted by molar-refractivity contribution is 5.88. The first-order valence-electron chi connectivity index (χ1n) is 5.60. The summed E-state index contributed by atoms with van der Waals surface area (Å²) in [6.45, 7) is 1.77. The maximum atomic E-state index is 11.1. The lowest BCUT2D eigenvalue weighted by molar-refractivity contribution is -0.384. The fourth-order valence-electron chi connectivity index (χ4n) is 1.90. The molecule has 0 saturated heterocycles. The Labute approximate surface area is 108 Å². The summed E-state index contributed by atoms with van der Waals surface area (Å²) in [5.41, 5.74) is 0.636. The molecule has 1 heterocycles. The van der Waals surface area contributed by atoms with Crippen LogP contribution in [0.3, 0.4) is 0 Å². The Bertz CT molecular complexity index is 648. The van der Waals surface area contributed by atoms with Crippen molar-refractivity contribution in [3.05, 3.63) is 51.8 Å². The van der Waals surface area contributed by atoms with E-state index in [-0.39, 0.29) is 16.9 Å². The number of carboxylic acids is 1. The minimum Gasteiger partial charge on any atom is -0.478 e. The molecule has 1 aromatic heterocycles. The Morgan fingerprint density at radius 3 is 2.74 bits per heavy atom.